The van der Waals surface area contributed by atoms with Gasteiger partial charge in [-0.3, -0.25) is 0 Å². The van der Waals surface area contributed by atoms with Crippen molar-refractivity contribution < 1.29 is 10.2 Å². The molecule has 1 fully saturated rings. The third-order valence-corrected chi connectivity index (χ3v) is 3.43. The van der Waals surface area contributed by atoms with Crippen LogP contribution >= 0.6 is 0 Å². The standard InChI is InChI=1S/C13H19NO2/c1-14-9-3-2-4-12(14)13(16)10-5-7-11(15)8-6-10/h5-8,12-13,15-16H,2-4,9H2,1H3/t12-,13?/m0/s1. The Morgan fingerprint density at radius 3 is 2.56 bits per heavy atom. The molecule has 0 saturated carbocycles. The fourth-order valence-corrected chi connectivity index (χ4v) is 2.39. The number of aliphatic hydroxyl groups is 1. The molecule has 1 aromatic carbocycles. The number of aliphatic hydroxyl groups excluding tert-OH is 1. The summed E-state index contributed by atoms with van der Waals surface area (Å²) in [5.74, 6) is 0.243. The van der Waals surface area contributed by atoms with Crippen LogP contribution in [0.15, 0.2) is 24.3 Å². The first-order chi connectivity index (χ1) is 7.68. The molecule has 88 valence electrons. The second-order valence-corrected chi connectivity index (χ2v) is 4.58. The van der Waals surface area contributed by atoms with Crippen LogP contribution in [-0.4, -0.2) is 34.7 Å². The maximum absolute atomic E-state index is 10.3. The molecule has 1 saturated heterocycles. The minimum atomic E-state index is -0.453. The predicted molar refractivity (Wildman–Crippen MR) is 63.3 cm³/mol. The van der Waals surface area contributed by atoms with Gasteiger partial charge < -0.3 is 15.1 Å². The summed E-state index contributed by atoms with van der Waals surface area (Å²) in [6.07, 6.45) is 2.99. The van der Waals surface area contributed by atoms with Crippen LogP contribution in [0.5, 0.6) is 5.75 Å². The molecule has 1 aliphatic heterocycles. The largest absolute Gasteiger partial charge is 0.508 e. The number of nitrogens with zero attached hydrogens (tertiary/aromatic N) is 1. The summed E-state index contributed by atoms with van der Waals surface area (Å²) in [5, 5.41) is 19.5. The number of piperidine rings is 1. The molecule has 2 rings (SSSR count). The lowest BCUT2D eigenvalue weighted by molar-refractivity contribution is 0.0403. The number of aromatic hydroxyl groups is 1. The zero-order valence-electron chi connectivity index (χ0n) is 9.63. The Bertz CT molecular complexity index is 336. The van der Waals surface area contributed by atoms with E-state index in [4.69, 9.17) is 0 Å². The molecule has 1 aliphatic rings. The number of phenolic OH excluding ortho intramolecular Hbond substituents is 1. The summed E-state index contributed by atoms with van der Waals surface area (Å²) in [4.78, 5) is 2.22. The normalized spacial score (nSPS) is 24.2. The van der Waals surface area contributed by atoms with Gasteiger partial charge in [0.05, 0.1) is 6.10 Å². The van der Waals surface area contributed by atoms with E-state index in [1.54, 1.807) is 24.3 Å². The lowest BCUT2D eigenvalue weighted by atomic mass is 9.93. The molecule has 3 heteroatoms. The summed E-state index contributed by atoms with van der Waals surface area (Å²) in [7, 11) is 2.06. The Labute approximate surface area is 96.3 Å². The zero-order chi connectivity index (χ0) is 11.5. The van der Waals surface area contributed by atoms with Crippen LogP contribution in [0.3, 0.4) is 0 Å². The minimum Gasteiger partial charge on any atom is -0.508 e. The van der Waals surface area contributed by atoms with Crippen LogP contribution in [0.4, 0.5) is 0 Å². The van der Waals surface area contributed by atoms with E-state index in [1.807, 2.05) is 0 Å². The summed E-state index contributed by atoms with van der Waals surface area (Å²) in [6.45, 7) is 1.06. The summed E-state index contributed by atoms with van der Waals surface area (Å²) >= 11 is 0. The number of rotatable bonds is 2. The molecular formula is C13H19NO2. The zero-order valence-corrected chi connectivity index (χ0v) is 9.63. The molecule has 0 aromatic heterocycles. The van der Waals surface area contributed by atoms with Gasteiger partial charge in [-0.2, -0.15) is 0 Å². The van der Waals surface area contributed by atoms with E-state index in [2.05, 4.69) is 11.9 Å². The van der Waals surface area contributed by atoms with Gasteiger partial charge in [0.15, 0.2) is 0 Å². The van der Waals surface area contributed by atoms with E-state index in [0.717, 1.165) is 18.5 Å². The summed E-state index contributed by atoms with van der Waals surface area (Å²) in [5.41, 5.74) is 0.886. The molecule has 0 amide bonds. The van der Waals surface area contributed by atoms with Crippen molar-refractivity contribution in [2.24, 2.45) is 0 Å². The third kappa shape index (κ3) is 2.36. The lowest BCUT2D eigenvalue weighted by Gasteiger charge is -2.35. The number of hydrogen-bond donors (Lipinski definition) is 2. The highest BCUT2D eigenvalue weighted by atomic mass is 16.3. The molecule has 3 nitrogen and oxygen atoms in total. The molecule has 1 heterocycles. The van der Waals surface area contributed by atoms with Gasteiger partial charge in [0.2, 0.25) is 0 Å². The van der Waals surface area contributed by atoms with Crippen molar-refractivity contribution in [3.05, 3.63) is 29.8 Å². The maximum Gasteiger partial charge on any atom is 0.115 e. The number of benzene rings is 1. The summed E-state index contributed by atoms with van der Waals surface area (Å²) in [6, 6.07) is 7.05. The van der Waals surface area contributed by atoms with Gasteiger partial charge in [-0.1, -0.05) is 18.6 Å². The highest BCUT2D eigenvalue weighted by Gasteiger charge is 2.26. The van der Waals surface area contributed by atoms with Crippen LogP contribution in [0.25, 0.3) is 0 Å². The average Bonchev–Trinajstić information content (AvgIpc) is 2.30. The van der Waals surface area contributed by atoms with Gasteiger partial charge in [0.25, 0.3) is 0 Å². The van der Waals surface area contributed by atoms with Crippen LogP contribution in [0, 0.1) is 0 Å². The lowest BCUT2D eigenvalue weighted by Crippen LogP contribution is -2.40. The van der Waals surface area contributed by atoms with E-state index in [1.165, 1.54) is 12.8 Å². The molecule has 0 radical (unpaired) electrons. The van der Waals surface area contributed by atoms with E-state index < -0.39 is 6.10 Å². The topological polar surface area (TPSA) is 43.7 Å². The maximum atomic E-state index is 10.3. The fourth-order valence-electron chi connectivity index (χ4n) is 2.39. The molecular weight excluding hydrogens is 202 g/mol. The van der Waals surface area contributed by atoms with Crippen molar-refractivity contribution in [2.45, 2.75) is 31.4 Å². The van der Waals surface area contributed by atoms with Crippen LogP contribution in [-0.2, 0) is 0 Å². The Morgan fingerprint density at radius 1 is 1.25 bits per heavy atom. The van der Waals surface area contributed by atoms with Crippen LogP contribution in [0.1, 0.15) is 30.9 Å². The smallest absolute Gasteiger partial charge is 0.115 e. The Hall–Kier alpha value is -1.06. The first kappa shape index (κ1) is 11.4. The first-order valence-electron chi connectivity index (χ1n) is 5.86. The van der Waals surface area contributed by atoms with Gasteiger partial charge in [-0.15, -0.1) is 0 Å². The van der Waals surface area contributed by atoms with Crippen molar-refractivity contribution in [2.75, 3.05) is 13.6 Å². The Kier molecular flexibility index (Phi) is 3.46. The molecule has 1 unspecified atom stereocenters. The van der Waals surface area contributed by atoms with E-state index in [-0.39, 0.29) is 11.8 Å². The molecule has 2 N–H and O–H groups in total. The molecule has 0 aliphatic carbocycles. The quantitative estimate of drug-likeness (QED) is 0.801. The van der Waals surface area contributed by atoms with Crippen molar-refractivity contribution >= 4 is 0 Å². The molecule has 1 aromatic rings. The third-order valence-electron chi connectivity index (χ3n) is 3.43. The highest BCUT2D eigenvalue weighted by molar-refractivity contribution is 5.28. The van der Waals surface area contributed by atoms with E-state index >= 15 is 0 Å². The molecule has 16 heavy (non-hydrogen) atoms. The second-order valence-electron chi connectivity index (χ2n) is 4.58. The number of likely N-dealkylation sites (N-methyl/N-ethyl adjacent to an activating group) is 1. The van der Waals surface area contributed by atoms with E-state index in [0.29, 0.717) is 0 Å². The highest BCUT2D eigenvalue weighted by Crippen LogP contribution is 2.28. The van der Waals surface area contributed by atoms with Crippen LogP contribution < -0.4 is 0 Å². The average molecular weight is 221 g/mol. The fraction of sp³-hybridized carbons (Fsp3) is 0.538. The van der Waals surface area contributed by atoms with Crippen molar-refractivity contribution in [1.82, 2.24) is 4.90 Å². The van der Waals surface area contributed by atoms with Crippen LogP contribution in [0.2, 0.25) is 0 Å². The summed E-state index contributed by atoms with van der Waals surface area (Å²) < 4.78 is 0. The van der Waals surface area contributed by atoms with Crippen molar-refractivity contribution in [1.29, 1.82) is 0 Å². The monoisotopic (exact) mass is 221 g/mol. The SMILES string of the molecule is CN1CCCC[C@H]1C(O)c1ccc(O)cc1. The Balaban J connectivity index is 2.11. The van der Waals surface area contributed by atoms with Gasteiger partial charge in [0.1, 0.15) is 5.75 Å². The number of phenols is 1. The second kappa shape index (κ2) is 4.85. The molecule has 0 spiro atoms. The van der Waals surface area contributed by atoms with Gasteiger partial charge in [-0.05, 0) is 44.1 Å². The Morgan fingerprint density at radius 2 is 1.94 bits per heavy atom. The predicted octanol–water partition coefficient (Wildman–Crippen LogP) is 1.91. The van der Waals surface area contributed by atoms with Crippen molar-refractivity contribution in [3.8, 4) is 5.75 Å². The van der Waals surface area contributed by atoms with E-state index in [9.17, 15) is 10.2 Å². The van der Waals surface area contributed by atoms with Gasteiger partial charge >= 0.3 is 0 Å². The minimum absolute atomic E-state index is 0.207. The number of hydrogen-bond acceptors (Lipinski definition) is 3. The molecule has 0 bridgehead atoms. The first-order valence-corrected chi connectivity index (χ1v) is 5.86. The van der Waals surface area contributed by atoms with Crippen molar-refractivity contribution in [3.63, 3.8) is 0 Å². The van der Waals surface area contributed by atoms with Gasteiger partial charge in [-0.25, -0.2) is 0 Å². The van der Waals surface area contributed by atoms with Gasteiger partial charge in [0, 0.05) is 6.04 Å². The molecule has 2 atom stereocenters. The number of likely N-dealkylation sites (tertiary alicyclic amines) is 1.